The smallest absolute Gasteiger partial charge is 0.255 e. The second-order valence-corrected chi connectivity index (χ2v) is 3.43. The summed E-state index contributed by atoms with van der Waals surface area (Å²) in [5, 5.41) is 8.52. The van der Waals surface area contributed by atoms with E-state index in [1.807, 2.05) is 19.9 Å². The van der Waals surface area contributed by atoms with Gasteiger partial charge in [0.1, 0.15) is 0 Å². The van der Waals surface area contributed by atoms with Crippen LogP contribution < -0.4 is 0 Å². The van der Waals surface area contributed by atoms with E-state index < -0.39 is 0 Å². The molecular formula is C12H15N3O. The SMILES string of the molecule is CCN(CCC#N)C(=O)c1cccnc1C. The zero-order valence-electron chi connectivity index (χ0n) is 9.60. The van der Waals surface area contributed by atoms with Gasteiger partial charge in [-0.3, -0.25) is 9.78 Å². The van der Waals surface area contributed by atoms with Crippen molar-refractivity contribution in [1.82, 2.24) is 9.88 Å². The highest BCUT2D eigenvalue weighted by Gasteiger charge is 2.15. The molecule has 16 heavy (non-hydrogen) atoms. The summed E-state index contributed by atoms with van der Waals surface area (Å²) in [5.74, 6) is -0.0525. The lowest BCUT2D eigenvalue weighted by atomic mass is 10.2. The average molecular weight is 217 g/mol. The zero-order valence-corrected chi connectivity index (χ0v) is 9.60. The van der Waals surface area contributed by atoms with Crippen molar-refractivity contribution in [3.63, 3.8) is 0 Å². The van der Waals surface area contributed by atoms with E-state index in [-0.39, 0.29) is 5.91 Å². The summed E-state index contributed by atoms with van der Waals surface area (Å²) in [7, 11) is 0. The number of hydrogen-bond donors (Lipinski definition) is 0. The van der Waals surface area contributed by atoms with Crippen LogP contribution in [0.5, 0.6) is 0 Å². The Morgan fingerprint density at radius 2 is 2.38 bits per heavy atom. The Bertz CT molecular complexity index is 409. The molecular weight excluding hydrogens is 202 g/mol. The van der Waals surface area contributed by atoms with Crippen LogP contribution in [0.15, 0.2) is 18.3 Å². The summed E-state index contributed by atoms with van der Waals surface area (Å²) < 4.78 is 0. The molecule has 0 fully saturated rings. The molecule has 0 saturated heterocycles. The predicted octanol–water partition coefficient (Wildman–Crippen LogP) is 1.77. The van der Waals surface area contributed by atoms with Gasteiger partial charge in [-0.15, -0.1) is 0 Å². The highest BCUT2D eigenvalue weighted by molar-refractivity contribution is 5.95. The molecule has 1 aromatic heterocycles. The van der Waals surface area contributed by atoms with E-state index in [0.717, 1.165) is 5.69 Å². The number of pyridine rings is 1. The van der Waals surface area contributed by atoms with Crippen LogP contribution in [0.4, 0.5) is 0 Å². The van der Waals surface area contributed by atoms with Crippen LogP contribution >= 0.6 is 0 Å². The predicted molar refractivity (Wildman–Crippen MR) is 60.8 cm³/mol. The molecule has 0 aromatic carbocycles. The molecule has 1 amide bonds. The average Bonchev–Trinajstić information content (AvgIpc) is 2.30. The molecule has 0 saturated carbocycles. The van der Waals surface area contributed by atoms with Crippen molar-refractivity contribution >= 4 is 5.91 Å². The molecule has 0 spiro atoms. The van der Waals surface area contributed by atoms with Crippen LogP contribution in [-0.4, -0.2) is 28.9 Å². The Balaban J connectivity index is 2.84. The van der Waals surface area contributed by atoms with E-state index in [9.17, 15) is 4.79 Å². The number of aromatic nitrogens is 1. The highest BCUT2D eigenvalue weighted by atomic mass is 16.2. The minimum Gasteiger partial charge on any atom is -0.338 e. The second kappa shape index (κ2) is 5.86. The van der Waals surface area contributed by atoms with Crippen molar-refractivity contribution in [1.29, 1.82) is 5.26 Å². The number of nitrogens with zero attached hydrogens (tertiary/aromatic N) is 3. The summed E-state index contributed by atoms with van der Waals surface area (Å²) in [4.78, 5) is 17.8. The Labute approximate surface area is 95.5 Å². The molecule has 1 aromatic rings. The molecule has 1 heterocycles. The van der Waals surface area contributed by atoms with Crippen LogP contribution in [0.25, 0.3) is 0 Å². The molecule has 0 radical (unpaired) electrons. The van der Waals surface area contributed by atoms with E-state index in [1.54, 1.807) is 23.2 Å². The highest BCUT2D eigenvalue weighted by Crippen LogP contribution is 2.08. The third-order valence-electron chi connectivity index (χ3n) is 2.40. The van der Waals surface area contributed by atoms with E-state index in [2.05, 4.69) is 4.98 Å². The molecule has 0 N–H and O–H groups in total. The second-order valence-electron chi connectivity index (χ2n) is 3.43. The topological polar surface area (TPSA) is 57.0 Å². The first-order valence-corrected chi connectivity index (χ1v) is 5.28. The summed E-state index contributed by atoms with van der Waals surface area (Å²) in [6, 6.07) is 5.56. The van der Waals surface area contributed by atoms with Gasteiger partial charge in [0.05, 0.1) is 18.1 Å². The van der Waals surface area contributed by atoms with Gasteiger partial charge < -0.3 is 4.90 Å². The standard InChI is InChI=1S/C12H15N3O/c1-3-15(9-5-7-13)12(16)11-6-4-8-14-10(11)2/h4,6,8H,3,5,9H2,1-2H3. The largest absolute Gasteiger partial charge is 0.338 e. The van der Waals surface area contributed by atoms with Gasteiger partial charge in [-0.2, -0.15) is 5.26 Å². The lowest BCUT2D eigenvalue weighted by Crippen LogP contribution is -2.32. The first-order valence-electron chi connectivity index (χ1n) is 5.28. The van der Waals surface area contributed by atoms with Crippen molar-refractivity contribution in [2.75, 3.05) is 13.1 Å². The van der Waals surface area contributed by atoms with Crippen LogP contribution in [0.1, 0.15) is 29.4 Å². The monoisotopic (exact) mass is 217 g/mol. The number of amides is 1. The van der Waals surface area contributed by atoms with Gasteiger partial charge in [0.2, 0.25) is 0 Å². The van der Waals surface area contributed by atoms with E-state index in [1.165, 1.54) is 0 Å². The fourth-order valence-electron chi connectivity index (χ4n) is 1.47. The number of nitriles is 1. The molecule has 4 heteroatoms. The maximum absolute atomic E-state index is 12.1. The first kappa shape index (κ1) is 12.2. The van der Waals surface area contributed by atoms with Crippen molar-refractivity contribution in [3.05, 3.63) is 29.6 Å². The van der Waals surface area contributed by atoms with Crippen molar-refractivity contribution in [2.45, 2.75) is 20.3 Å². The maximum Gasteiger partial charge on any atom is 0.255 e. The Hall–Kier alpha value is -1.89. The van der Waals surface area contributed by atoms with E-state index >= 15 is 0 Å². The normalized spacial score (nSPS) is 9.56. The molecule has 0 unspecified atom stereocenters. The van der Waals surface area contributed by atoms with Crippen molar-refractivity contribution in [2.24, 2.45) is 0 Å². The fourth-order valence-corrected chi connectivity index (χ4v) is 1.47. The van der Waals surface area contributed by atoms with Gasteiger partial charge in [0.25, 0.3) is 5.91 Å². The summed E-state index contributed by atoms with van der Waals surface area (Å²) >= 11 is 0. The minimum atomic E-state index is -0.0525. The molecule has 0 aliphatic carbocycles. The zero-order chi connectivity index (χ0) is 12.0. The quantitative estimate of drug-likeness (QED) is 0.772. The third-order valence-corrected chi connectivity index (χ3v) is 2.40. The maximum atomic E-state index is 12.1. The lowest BCUT2D eigenvalue weighted by molar-refractivity contribution is 0.0766. The van der Waals surface area contributed by atoms with Crippen molar-refractivity contribution < 1.29 is 4.79 Å². The van der Waals surface area contributed by atoms with Crippen LogP contribution in [0, 0.1) is 18.3 Å². The molecule has 84 valence electrons. The van der Waals surface area contributed by atoms with Gasteiger partial charge in [0.15, 0.2) is 0 Å². The van der Waals surface area contributed by atoms with Crippen molar-refractivity contribution in [3.8, 4) is 6.07 Å². The number of aryl methyl sites for hydroxylation is 1. The van der Waals surface area contributed by atoms with Gasteiger partial charge >= 0.3 is 0 Å². The van der Waals surface area contributed by atoms with Gasteiger partial charge in [-0.05, 0) is 26.0 Å². The van der Waals surface area contributed by atoms with Crippen LogP contribution in [-0.2, 0) is 0 Å². The Morgan fingerprint density at radius 1 is 1.62 bits per heavy atom. The van der Waals surface area contributed by atoms with Gasteiger partial charge in [-0.1, -0.05) is 0 Å². The third kappa shape index (κ3) is 2.80. The number of rotatable bonds is 4. The van der Waals surface area contributed by atoms with E-state index in [0.29, 0.717) is 25.1 Å². The molecule has 0 aliphatic heterocycles. The number of carbonyl (C=O) groups excluding carboxylic acids is 1. The van der Waals surface area contributed by atoms with E-state index in [4.69, 9.17) is 5.26 Å². The molecule has 0 bridgehead atoms. The molecule has 0 aliphatic rings. The lowest BCUT2D eigenvalue weighted by Gasteiger charge is -2.20. The Morgan fingerprint density at radius 3 is 2.94 bits per heavy atom. The number of carbonyl (C=O) groups is 1. The summed E-state index contributed by atoms with van der Waals surface area (Å²) in [5.41, 5.74) is 1.34. The number of hydrogen-bond acceptors (Lipinski definition) is 3. The fraction of sp³-hybridized carbons (Fsp3) is 0.417. The van der Waals surface area contributed by atoms with Gasteiger partial charge in [-0.25, -0.2) is 0 Å². The van der Waals surface area contributed by atoms with Crippen LogP contribution in [0.3, 0.4) is 0 Å². The van der Waals surface area contributed by atoms with Crippen LogP contribution in [0.2, 0.25) is 0 Å². The molecule has 1 rings (SSSR count). The minimum absolute atomic E-state index is 0.0525. The first-order chi connectivity index (χ1) is 7.70. The summed E-state index contributed by atoms with van der Waals surface area (Å²) in [6.07, 6.45) is 2.02. The molecule has 0 atom stereocenters. The summed E-state index contributed by atoms with van der Waals surface area (Å²) in [6.45, 7) is 4.79. The molecule has 4 nitrogen and oxygen atoms in total. The van der Waals surface area contributed by atoms with Gasteiger partial charge in [0, 0.05) is 25.0 Å². The Kier molecular flexibility index (Phi) is 4.46.